The predicted molar refractivity (Wildman–Crippen MR) is 115 cm³/mol. The molecule has 1 heterocycles. The number of hydrogen-bond acceptors (Lipinski definition) is 5. The molecule has 0 aliphatic carbocycles. The summed E-state index contributed by atoms with van der Waals surface area (Å²) >= 11 is 0. The van der Waals surface area contributed by atoms with Crippen molar-refractivity contribution < 1.29 is 28.6 Å². The summed E-state index contributed by atoms with van der Waals surface area (Å²) in [5.74, 6) is 2.76. The Kier molecular flexibility index (Phi) is 7.41. The minimum Gasteiger partial charge on any atom is -0.493 e. The van der Waals surface area contributed by atoms with Gasteiger partial charge in [0.1, 0.15) is 6.54 Å². The number of fused-ring (bicyclic) bond motifs is 1. The number of ether oxygens (including phenoxy) is 4. The highest BCUT2D eigenvalue weighted by molar-refractivity contribution is 5.91. The number of rotatable bonds is 9. The standard InChI is InChI=1S/C23H30N2O5/c1-5-29-19-8-7-18(13-22(19)30-6-2)24-23(26)15-25-10-9-16-11-20(27-3)21(28-4)12-17(16)14-25/h7-8,11-13H,5-6,9-10,14-15H2,1-4H3,(H,24,26)/p+1. The molecular formula is C23H31N2O5+. The molecule has 7 nitrogen and oxygen atoms in total. The molecule has 0 radical (unpaired) electrons. The fraction of sp³-hybridized carbons (Fsp3) is 0.435. The van der Waals surface area contributed by atoms with E-state index in [0.717, 1.165) is 31.0 Å². The van der Waals surface area contributed by atoms with E-state index in [-0.39, 0.29) is 5.91 Å². The average molecular weight is 416 g/mol. The Hall–Kier alpha value is -2.93. The minimum atomic E-state index is -0.0273. The molecule has 162 valence electrons. The molecule has 1 unspecified atom stereocenters. The Balaban J connectivity index is 1.64. The summed E-state index contributed by atoms with van der Waals surface area (Å²) in [7, 11) is 3.28. The number of anilines is 1. The van der Waals surface area contributed by atoms with Gasteiger partial charge >= 0.3 is 0 Å². The topological polar surface area (TPSA) is 70.5 Å². The number of amides is 1. The van der Waals surface area contributed by atoms with Crippen molar-refractivity contribution in [1.82, 2.24) is 0 Å². The van der Waals surface area contributed by atoms with Crippen LogP contribution in [0.1, 0.15) is 25.0 Å². The molecule has 30 heavy (non-hydrogen) atoms. The third-order valence-corrected chi connectivity index (χ3v) is 5.13. The van der Waals surface area contributed by atoms with E-state index in [1.807, 2.05) is 44.2 Å². The van der Waals surface area contributed by atoms with E-state index < -0.39 is 0 Å². The van der Waals surface area contributed by atoms with Crippen LogP contribution in [0, 0.1) is 0 Å². The molecule has 3 rings (SSSR count). The van der Waals surface area contributed by atoms with Gasteiger partial charge in [-0.25, -0.2) is 0 Å². The third kappa shape index (κ3) is 5.16. The summed E-state index contributed by atoms with van der Waals surface area (Å²) in [5, 5.41) is 2.98. The average Bonchev–Trinajstić information content (AvgIpc) is 2.74. The van der Waals surface area contributed by atoms with Crippen molar-refractivity contribution >= 4 is 11.6 Å². The molecular weight excluding hydrogens is 384 g/mol. The quantitative estimate of drug-likeness (QED) is 0.656. The van der Waals surface area contributed by atoms with E-state index in [0.29, 0.717) is 36.9 Å². The van der Waals surface area contributed by atoms with Crippen molar-refractivity contribution in [2.45, 2.75) is 26.8 Å². The van der Waals surface area contributed by atoms with Crippen LogP contribution in [0.4, 0.5) is 5.69 Å². The number of nitrogens with one attached hydrogen (secondary N) is 2. The highest BCUT2D eigenvalue weighted by Crippen LogP contribution is 2.32. The lowest BCUT2D eigenvalue weighted by Crippen LogP contribution is -3.12. The van der Waals surface area contributed by atoms with Crippen molar-refractivity contribution in [2.75, 3.05) is 45.8 Å². The van der Waals surface area contributed by atoms with Gasteiger partial charge in [0.2, 0.25) is 0 Å². The molecule has 1 aliphatic rings. The number of quaternary nitrogens is 1. The molecule has 7 heteroatoms. The fourth-order valence-corrected chi connectivity index (χ4v) is 3.74. The Morgan fingerprint density at radius 1 is 0.933 bits per heavy atom. The summed E-state index contributed by atoms with van der Waals surface area (Å²) in [6, 6.07) is 9.54. The minimum absolute atomic E-state index is 0.0273. The molecule has 0 spiro atoms. The maximum atomic E-state index is 12.6. The number of benzene rings is 2. The number of methoxy groups -OCH3 is 2. The van der Waals surface area contributed by atoms with Gasteiger partial charge in [0.05, 0.1) is 34.0 Å². The summed E-state index contributed by atoms with van der Waals surface area (Å²) in [4.78, 5) is 13.9. The lowest BCUT2D eigenvalue weighted by Gasteiger charge is -2.26. The van der Waals surface area contributed by atoms with Gasteiger partial charge < -0.3 is 29.2 Å². The van der Waals surface area contributed by atoms with Crippen LogP contribution in [-0.4, -0.2) is 46.4 Å². The van der Waals surface area contributed by atoms with Crippen molar-refractivity contribution in [1.29, 1.82) is 0 Å². The lowest BCUT2D eigenvalue weighted by molar-refractivity contribution is -0.907. The van der Waals surface area contributed by atoms with E-state index in [4.69, 9.17) is 18.9 Å². The molecule has 0 aromatic heterocycles. The van der Waals surface area contributed by atoms with Crippen molar-refractivity contribution in [3.05, 3.63) is 41.5 Å². The summed E-state index contributed by atoms with van der Waals surface area (Å²) < 4.78 is 22.0. The first-order valence-electron chi connectivity index (χ1n) is 10.3. The molecule has 1 aliphatic heterocycles. The van der Waals surface area contributed by atoms with Crippen LogP contribution in [0.25, 0.3) is 0 Å². The zero-order valence-electron chi connectivity index (χ0n) is 18.2. The predicted octanol–water partition coefficient (Wildman–Crippen LogP) is 2.08. The SMILES string of the molecule is CCOc1ccc(NC(=O)C[NH+]2CCc3cc(OC)c(OC)cc3C2)cc1OCC. The van der Waals surface area contributed by atoms with Crippen LogP contribution in [0.2, 0.25) is 0 Å². The first kappa shape index (κ1) is 21.8. The molecule has 0 fully saturated rings. The molecule has 1 amide bonds. The van der Waals surface area contributed by atoms with Gasteiger partial charge in [0, 0.05) is 23.7 Å². The number of carbonyl (C=O) groups is 1. The Morgan fingerprint density at radius 3 is 2.27 bits per heavy atom. The monoisotopic (exact) mass is 415 g/mol. The zero-order valence-corrected chi connectivity index (χ0v) is 18.2. The normalized spacial score (nSPS) is 15.1. The van der Waals surface area contributed by atoms with E-state index in [2.05, 4.69) is 5.32 Å². The Labute approximate surface area is 177 Å². The van der Waals surface area contributed by atoms with Gasteiger partial charge in [-0.05, 0) is 43.7 Å². The van der Waals surface area contributed by atoms with E-state index in [9.17, 15) is 4.79 Å². The van der Waals surface area contributed by atoms with Gasteiger partial charge in [-0.1, -0.05) is 0 Å². The number of hydrogen-bond donors (Lipinski definition) is 2. The van der Waals surface area contributed by atoms with Crippen LogP contribution in [0.15, 0.2) is 30.3 Å². The molecule has 0 bridgehead atoms. The smallest absolute Gasteiger partial charge is 0.279 e. The summed E-state index contributed by atoms with van der Waals surface area (Å²) in [6.07, 6.45) is 0.899. The van der Waals surface area contributed by atoms with Crippen molar-refractivity contribution in [2.24, 2.45) is 0 Å². The van der Waals surface area contributed by atoms with Crippen LogP contribution in [-0.2, 0) is 17.8 Å². The van der Waals surface area contributed by atoms with E-state index >= 15 is 0 Å². The summed E-state index contributed by atoms with van der Waals surface area (Å²) in [5.41, 5.74) is 3.15. The Bertz CT molecular complexity index is 884. The first-order valence-corrected chi connectivity index (χ1v) is 10.3. The second kappa shape index (κ2) is 10.2. The highest BCUT2D eigenvalue weighted by atomic mass is 16.5. The van der Waals surface area contributed by atoms with E-state index in [1.54, 1.807) is 14.2 Å². The number of carbonyl (C=O) groups excluding carboxylic acids is 1. The molecule has 1 atom stereocenters. The molecule has 2 aromatic carbocycles. The third-order valence-electron chi connectivity index (χ3n) is 5.13. The molecule has 0 saturated carbocycles. The van der Waals surface area contributed by atoms with Crippen LogP contribution >= 0.6 is 0 Å². The lowest BCUT2D eigenvalue weighted by atomic mass is 9.99. The van der Waals surface area contributed by atoms with Crippen LogP contribution in [0.3, 0.4) is 0 Å². The maximum absolute atomic E-state index is 12.6. The Morgan fingerprint density at radius 2 is 1.60 bits per heavy atom. The van der Waals surface area contributed by atoms with Gasteiger partial charge in [0.25, 0.3) is 5.91 Å². The maximum Gasteiger partial charge on any atom is 0.279 e. The summed E-state index contributed by atoms with van der Waals surface area (Å²) in [6.45, 7) is 7.00. The van der Waals surface area contributed by atoms with Gasteiger partial charge in [-0.3, -0.25) is 4.79 Å². The fourth-order valence-electron chi connectivity index (χ4n) is 3.74. The zero-order chi connectivity index (χ0) is 21.5. The second-order valence-corrected chi connectivity index (χ2v) is 7.16. The van der Waals surface area contributed by atoms with Crippen molar-refractivity contribution in [3.63, 3.8) is 0 Å². The van der Waals surface area contributed by atoms with Gasteiger partial charge in [0.15, 0.2) is 29.5 Å². The largest absolute Gasteiger partial charge is 0.493 e. The van der Waals surface area contributed by atoms with Crippen LogP contribution in [0.5, 0.6) is 23.0 Å². The highest BCUT2D eigenvalue weighted by Gasteiger charge is 2.24. The van der Waals surface area contributed by atoms with Crippen molar-refractivity contribution in [3.8, 4) is 23.0 Å². The molecule has 0 saturated heterocycles. The second-order valence-electron chi connectivity index (χ2n) is 7.16. The van der Waals surface area contributed by atoms with E-state index in [1.165, 1.54) is 16.0 Å². The van der Waals surface area contributed by atoms with Crippen LogP contribution < -0.4 is 29.2 Å². The first-order chi connectivity index (χ1) is 14.6. The van der Waals surface area contributed by atoms with Gasteiger partial charge in [-0.2, -0.15) is 0 Å². The molecule has 2 aromatic rings. The van der Waals surface area contributed by atoms with Gasteiger partial charge in [-0.15, -0.1) is 0 Å². The molecule has 2 N–H and O–H groups in total.